The van der Waals surface area contributed by atoms with E-state index in [4.69, 9.17) is 0 Å². The normalized spacial score (nSPS) is 28.8. The van der Waals surface area contributed by atoms with Crippen LogP contribution in [0.4, 0.5) is 0 Å². The lowest BCUT2D eigenvalue weighted by Gasteiger charge is -2.42. The molecule has 0 N–H and O–H groups in total. The Morgan fingerprint density at radius 1 is 0.923 bits per heavy atom. The molecule has 2 rings (SSSR count). The molecule has 0 aromatic rings. The molecule has 76 valence electrons. The highest BCUT2D eigenvalue weighted by Crippen LogP contribution is 2.46. The lowest BCUT2D eigenvalue weighted by atomic mass is 9.80. The van der Waals surface area contributed by atoms with Gasteiger partial charge in [0.25, 0.3) is 0 Å². The van der Waals surface area contributed by atoms with Gasteiger partial charge < -0.3 is 4.90 Å². The van der Waals surface area contributed by atoms with Gasteiger partial charge in [-0.05, 0) is 45.7 Å². The Morgan fingerprint density at radius 3 is 1.92 bits per heavy atom. The number of nitrogens with zero attached hydrogens (tertiary/aromatic N) is 1. The standard InChI is InChI=1S/C12H23N/c1-13(2)12(9-5-6-10-12)11-7-3-4-8-11/h11H,3-10H2,1-2H3. The first kappa shape index (κ1) is 9.51. The van der Waals surface area contributed by atoms with Crippen LogP contribution in [0.15, 0.2) is 0 Å². The van der Waals surface area contributed by atoms with E-state index in [2.05, 4.69) is 19.0 Å². The molecule has 0 bridgehead atoms. The van der Waals surface area contributed by atoms with E-state index in [1.807, 2.05) is 0 Å². The van der Waals surface area contributed by atoms with E-state index in [0.29, 0.717) is 5.54 Å². The quantitative estimate of drug-likeness (QED) is 0.633. The Hall–Kier alpha value is -0.0400. The van der Waals surface area contributed by atoms with Crippen molar-refractivity contribution in [3.8, 4) is 0 Å². The fourth-order valence-electron chi connectivity index (χ4n) is 3.67. The van der Waals surface area contributed by atoms with E-state index in [1.54, 1.807) is 0 Å². The predicted octanol–water partition coefficient (Wildman–Crippen LogP) is 3.05. The van der Waals surface area contributed by atoms with Gasteiger partial charge in [-0.15, -0.1) is 0 Å². The molecule has 0 radical (unpaired) electrons. The van der Waals surface area contributed by atoms with Crippen LogP contribution in [0, 0.1) is 5.92 Å². The zero-order valence-electron chi connectivity index (χ0n) is 9.18. The Balaban J connectivity index is 2.11. The van der Waals surface area contributed by atoms with Gasteiger partial charge in [0.1, 0.15) is 0 Å². The number of hydrogen-bond acceptors (Lipinski definition) is 1. The first-order valence-corrected chi connectivity index (χ1v) is 5.93. The summed E-state index contributed by atoms with van der Waals surface area (Å²) in [4.78, 5) is 2.54. The van der Waals surface area contributed by atoms with E-state index < -0.39 is 0 Å². The van der Waals surface area contributed by atoms with Crippen molar-refractivity contribution in [2.75, 3.05) is 14.1 Å². The first-order valence-electron chi connectivity index (χ1n) is 5.93. The van der Waals surface area contributed by atoms with Gasteiger partial charge in [-0.3, -0.25) is 0 Å². The van der Waals surface area contributed by atoms with Crippen LogP contribution in [0.1, 0.15) is 51.4 Å². The second kappa shape index (κ2) is 3.61. The highest BCUT2D eigenvalue weighted by molar-refractivity contribution is 4.99. The van der Waals surface area contributed by atoms with Crippen molar-refractivity contribution >= 4 is 0 Å². The largest absolute Gasteiger partial charge is 0.303 e. The van der Waals surface area contributed by atoms with Gasteiger partial charge in [0, 0.05) is 5.54 Å². The van der Waals surface area contributed by atoms with E-state index in [-0.39, 0.29) is 0 Å². The summed E-state index contributed by atoms with van der Waals surface area (Å²) in [5, 5.41) is 0. The molecule has 2 aliphatic carbocycles. The molecule has 13 heavy (non-hydrogen) atoms. The summed E-state index contributed by atoms with van der Waals surface area (Å²) in [6.07, 6.45) is 11.8. The zero-order chi connectivity index (χ0) is 9.31. The number of hydrogen-bond donors (Lipinski definition) is 0. The smallest absolute Gasteiger partial charge is 0.0231 e. The van der Waals surface area contributed by atoms with Gasteiger partial charge in [-0.25, -0.2) is 0 Å². The molecule has 0 atom stereocenters. The van der Waals surface area contributed by atoms with Crippen LogP contribution in [0.2, 0.25) is 0 Å². The van der Waals surface area contributed by atoms with Gasteiger partial charge in [-0.1, -0.05) is 25.7 Å². The van der Waals surface area contributed by atoms with Crippen molar-refractivity contribution in [3.05, 3.63) is 0 Å². The molecule has 0 aromatic heterocycles. The van der Waals surface area contributed by atoms with Gasteiger partial charge >= 0.3 is 0 Å². The van der Waals surface area contributed by atoms with Crippen molar-refractivity contribution < 1.29 is 0 Å². The molecule has 2 fully saturated rings. The molecule has 0 unspecified atom stereocenters. The minimum atomic E-state index is 0.608. The molecule has 0 aromatic carbocycles. The summed E-state index contributed by atoms with van der Waals surface area (Å²) < 4.78 is 0. The van der Waals surface area contributed by atoms with E-state index in [9.17, 15) is 0 Å². The summed E-state index contributed by atoms with van der Waals surface area (Å²) in [6, 6.07) is 0. The van der Waals surface area contributed by atoms with E-state index in [0.717, 1.165) is 5.92 Å². The maximum Gasteiger partial charge on any atom is 0.0231 e. The van der Waals surface area contributed by atoms with Crippen LogP contribution in [0.3, 0.4) is 0 Å². The summed E-state index contributed by atoms with van der Waals surface area (Å²) in [6.45, 7) is 0. The van der Waals surface area contributed by atoms with Crippen LogP contribution < -0.4 is 0 Å². The molecule has 0 saturated heterocycles. The first-order chi connectivity index (χ1) is 6.26. The Kier molecular flexibility index (Phi) is 2.64. The number of rotatable bonds is 2. The third-order valence-electron chi connectivity index (χ3n) is 4.48. The molecule has 0 amide bonds. The fourth-order valence-corrected chi connectivity index (χ4v) is 3.67. The minimum absolute atomic E-state index is 0.608. The average Bonchev–Trinajstić information content (AvgIpc) is 2.75. The molecule has 1 heteroatoms. The zero-order valence-corrected chi connectivity index (χ0v) is 9.18. The lowest BCUT2D eigenvalue weighted by molar-refractivity contribution is 0.0859. The van der Waals surface area contributed by atoms with Gasteiger partial charge in [0.2, 0.25) is 0 Å². The molecular weight excluding hydrogens is 158 g/mol. The minimum Gasteiger partial charge on any atom is -0.303 e. The monoisotopic (exact) mass is 181 g/mol. The highest BCUT2D eigenvalue weighted by atomic mass is 15.2. The maximum absolute atomic E-state index is 2.54. The predicted molar refractivity (Wildman–Crippen MR) is 56.8 cm³/mol. The summed E-state index contributed by atoms with van der Waals surface area (Å²) >= 11 is 0. The van der Waals surface area contributed by atoms with E-state index >= 15 is 0 Å². The van der Waals surface area contributed by atoms with Crippen molar-refractivity contribution in [1.29, 1.82) is 0 Å². The molecule has 0 aliphatic heterocycles. The fraction of sp³-hybridized carbons (Fsp3) is 1.00. The average molecular weight is 181 g/mol. The van der Waals surface area contributed by atoms with Crippen LogP contribution in [0.5, 0.6) is 0 Å². The van der Waals surface area contributed by atoms with Crippen molar-refractivity contribution in [2.24, 2.45) is 5.92 Å². The molecule has 0 heterocycles. The summed E-state index contributed by atoms with van der Waals surface area (Å²) in [7, 11) is 4.59. The third kappa shape index (κ3) is 1.52. The second-order valence-electron chi connectivity index (χ2n) is 5.19. The van der Waals surface area contributed by atoms with Crippen LogP contribution in [0.25, 0.3) is 0 Å². The Morgan fingerprint density at radius 2 is 1.46 bits per heavy atom. The molecule has 0 spiro atoms. The van der Waals surface area contributed by atoms with E-state index in [1.165, 1.54) is 51.4 Å². The Labute approximate surface area is 82.5 Å². The summed E-state index contributed by atoms with van der Waals surface area (Å²) in [5.74, 6) is 1.02. The molecular formula is C12H23N. The van der Waals surface area contributed by atoms with Gasteiger partial charge in [-0.2, -0.15) is 0 Å². The Bertz CT molecular complexity index is 162. The van der Waals surface area contributed by atoms with Crippen LogP contribution >= 0.6 is 0 Å². The van der Waals surface area contributed by atoms with Crippen LogP contribution in [-0.4, -0.2) is 24.5 Å². The summed E-state index contributed by atoms with van der Waals surface area (Å²) in [5.41, 5.74) is 0.608. The lowest BCUT2D eigenvalue weighted by Crippen LogP contribution is -2.47. The van der Waals surface area contributed by atoms with Crippen LogP contribution in [-0.2, 0) is 0 Å². The van der Waals surface area contributed by atoms with Gasteiger partial charge in [0.15, 0.2) is 0 Å². The molecule has 2 saturated carbocycles. The highest BCUT2D eigenvalue weighted by Gasteiger charge is 2.43. The molecule has 1 nitrogen and oxygen atoms in total. The van der Waals surface area contributed by atoms with Crippen molar-refractivity contribution in [1.82, 2.24) is 4.90 Å². The van der Waals surface area contributed by atoms with Crippen molar-refractivity contribution in [2.45, 2.75) is 56.9 Å². The topological polar surface area (TPSA) is 3.24 Å². The van der Waals surface area contributed by atoms with Crippen molar-refractivity contribution in [3.63, 3.8) is 0 Å². The van der Waals surface area contributed by atoms with Gasteiger partial charge in [0.05, 0.1) is 0 Å². The molecule has 2 aliphatic rings. The maximum atomic E-state index is 2.54. The SMILES string of the molecule is CN(C)C1(C2CCCC2)CCCC1. The second-order valence-corrected chi connectivity index (χ2v) is 5.19. The third-order valence-corrected chi connectivity index (χ3v) is 4.48.